The normalized spacial score (nSPS) is 16.0. The summed E-state index contributed by atoms with van der Waals surface area (Å²) in [6.07, 6.45) is -0.473. The van der Waals surface area contributed by atoms with E-state index in [4.69, 9.17) is 4.74 Å². The third-order valence-electron chi connectivity index (χ3n) is 4.47. The van der Waals surface area contributed by atoms with E-state index in [9.17, 15) is 9.18 Å². The number of rotatable bonds is 3. The molecule has 1 unspecified atom stereocenters. The van der Waals surface area contributed by atoms with Crippen LogP contribution in [-0.2, 0) is 0 Å². The first-order chi connectivity index (χ1) is 12.7. The fourth-order valence-electron chi connectivity index (χ4n) is 3.23. The van der Waals surface area contributed by atoms with Crippen LogP contribution in [0.25, 0.3) is 0 Å². The number of fused-ring (bicyclic) bond motifs is 1. The maximum absolute atomic E-state index is 13.4. The number of benzene rings is 3. The summed E-state index contributed by atoms with van der Waals surface area (Å²) in [5, 5.41) is 3.41. The average Bonchev–Trinajstić information content (AvgIpc) is 2.69. The zero-order valence-corrected chi connectivity index (χ0v) is 14.1. The molecule has 1 aliphatic heterocycles. The van der Waals surface area contributed by atoms with Gasteiger partial charge in [0.25, 0.3) is 5.91 Å². The van der Waals surface area contributed by atoms with E-state index in [1.54, 1.807) is 30.2 Å². The van der Waals surface area contributed by atoms with E-state index < -0.39 is 6.17 Å². The monoisotopic (exact) mass is 348 g/mol. The molecular formula is C21H17FN2O2. The van der Waals surface area contributed by atoms with Crippen molar-refractivity contribution in [1.82, 2.24) is 0 Å². The summed E-state index contributed by atoms with van der Waals surface area (Å²) in [6.45, 7) is 0. The quantitative estimate of drug-likeness (QED) is 0.752. The van der Waals surface area contributed by atoms with Crippen molar-refractivity contribution in [2.75, 3.05) is 17.3 Å². The molecule has 5 heteroatoms. The minimum Gasteiger partial charge on any atom is -0.496 e. The number of para-hydroxylation sites is 2. The molecule has 1 atom stereocenters. The Morgan fingerprint density at radius 1 is 0.962 bits per heavy atom. The second kappa shape index (κ2) is 6.52. The second-order valence-corrected chi connectivity index (χ2v) is 5.99. The predicted molar refractivity (Wildman–Crippen MR) is 99.0 cm³/mol. The van der Waals surface area contributed by atoms with Crippen LogP contribution in [-0.4, -0.2) is 13.0 Å². The van der Waals surface area contributed by atoms with Gasteiger partial charge in [-0.15, -0.1) is 0 Å². The number of nitrogens with one attached hydrogen (secondary N) is 1. The van der Waals surface area contributed by atoms with Gasteiger partial charge in [-0.3, -0.25) is 9.69 Å². The van der Waals surface area contributed by atoms with Crippen molar-refractivity contribution in [3.8, 4) is 5.75 Å². The molecule has 1 amide bonds. The molecule has 0 saturated carbocycles. The first-order valence-corrected chi connectivity index (χ1v) is 8.26. The molecule has 0 bridgehead atoms. The lowest BCUT2D eigenvalue weighted by molar-refractivity contribution is 0.0974. The number of ether oxygens (including phenoxy) is 1. The number of hydrogen-bond donors (Lipinski definition) is 1. The van der Waals surface area contributed by atoms with Crippen molar-refractivity contribution in [2.45, 2.75) is 6.17 Å². The van der Waals surface area contributed by atoms with Crippen LogP contribution in [0.2, 0.25) is 0 Å². The van der Waals surface area contributed by atoms with Gasteiger partial charge in [0.15, 0.2) is 0 Å². The molecule has 4 rings (SSSR count). The molecule has 3 aromatic rings. The van der Waals surface area contributed by atoms with Crippen molar-refractivity contribution in [3.05, 3.63) is 89.7 Å². The lowest BCUT2D eigenvalue weighted by atomic mass is 10.0. The maximum atomic E-state index is 13.4. The van der Waals surface area contributed by atoms with Gasteiger partial charge in [0.1, 0.15) is 17.7 Å². The number of amides is 1. The maximum Gasteiger partial charge on any atom is 0.262 e. The molecule has 1 heterocycles. The van der Waals surface area contributed by atoms with E-state index in [0.717, 1.165) is 11.3 Å². The highest BCUT2D eigenvalue weighted by Crippen LogP contribution is 2.39. The summed E-state index contributed by atoms with van der Waals surface area (Å²) in [4.78, 5) is 14.9. The highest BCUT2D eigenvalue weighted by molar-refractivity contribution is 6.12. The minimum atomic E-state index is -0.473. The summed E-state index contributed by atoms with van der Waals surface area (Å²) >= 11 is 0. The molecule has 1 aliphatic rings. The summed E-state index contributed by atoms with van der Waals surface area (Å²) in [7, 11) is 1.60. The van der Waals surface area contributed by atoms with Crippen LogP contribution in [0.15, 0.2) is 72.8 Å². The van der Waals surface area contributed by atoms with Gasteiger partial charge in [-0.05, 0) is 42.5 Å². The SMILES string of the molecule is COc1ccccc1C1Nc2ccccc2C(=O)N1c1ccc(F)cc1. The highest BCUT2D eigenvalue weighted by Gasteiger charge is 2.35. The van der Waals surface area contributed by atoms with Crippen LogP contribution in [0.3, 0.4) is 0 Å². The Bertz CT molecular complexity index is 956. The van der Waals surface area contributed by atoms with Gasteiger partial charge in [0, 0.05) is 16.9 Å². The fraction of sp³-hybridized carbons (Fsp3) is 0.0952. The van der Waals surface area contributed by atoms with Gasteiger partial charge in [-0.25, -0.2) is 4.39 Å². The van der Waals surface area contributed by atoms with E-state index in [1.165, 1.54) is 12.1 Å². The van der Waals surface area contributed by atoms with E-state index >= 15 is 0 Å². The zero-order chi connectivity index (χ0) is 18.1. The molecule has 130 valence electrons. The molecule has 1 N–H and O–H groups in total. The summed E-state index contributed by atoms with van der Waals surface area (Å²) in [6, 6.07) is 20.8. The van der Waals surface area contributed by atoms with Crippen LogP contribution in [0.4, 0.5) is 15.8 Å². The number of nitrogens with zero attached hydrogens (tertiary/aromatic N) is 1. The van der Waals surface area contributed by atoms with Gasteiger partial charge in [-0.2, -0.15) is 0 Å². The number of methoxy groups -OCH3 is 1. The van der Waals surface area contributed by atoms with Crippen molar-refractivity contribution >= 4 is 17.3 Å². The van der Waals surface area contributed by atoms with Crippen molar-refractivity contribution in [3.63, 3.8) is 0 Å². The molecule has 4 nitrogen and oxygen atoms in total. The Morgan fingerprint density at radius 2 is 1.65 bits per heavy atom. The third kappa shape index (κ3) is 2.67. The fourth-order valence-corrected chi connectivity index (χ4v) is 3.23. The van der Waals surface area contributed by atoms with Crippen molar-refractivity contribution in [1.29, 1.82) is 0 Å². The van der Waals surface area contributed by atoms with E-state index in [2.05, 4.69) is 5.32 Å². The van der Waals surface area contributed by atoms with Crippen LogP contribution >= 0.6 is 0 Å². The summed E-state index contributed by atoms with van der Waals surface area (Å²) in [5.74, 6) is 0.173. The van der Waals surface area contributed by atoms with Crippen molar-refractivity contribution in [2.24, 2.45) is 0 Å². The van der Waals surface area contributed by atoms with E-state index in [0.29, 0.717) is 17.0 Å². The Morgan fingerprint density at radius 3 is 2.42 bits per heavy atom. The topological polar surface area (TPSA) is 41.6 Å². The molecule has 3 aromatic carbocycles. The number of carbonyl (C=O) groups excluding carboxylic acids is 1. The number of halogens is 1. The van der Waals surface area contributed by atoms with Gasteiger partial charge >= 0.3 is 0 Å². The van der Waals surface area contributed by atoms with Crippen LogP contribution in [0, 0.1) is 5.82 Å². The van der Waals surface area contributed by atoms with E-state index in [-0.39, 0.29) is 11.7 Å². The average molecular weight is 348 g/mol. The van der Waals surface area contributed by atoms with Gasteiger partial charge in [-0.1, -0.05) is 30.3 Å². The lowest BCUT2D eigenvalue weighted by Gasteiger charge is -2.38. The van der Waals surface area contributed by atoms with Crippen LogP contribution in [0.1, 0.15) is 22.1 Å². The summed E-state index contributed by atoms with van der Waals surface area (Å²) in [5.41, 5.74) is 2.76. The molecule has 0 fully saturated rings. The predicted octanol–water partition coefficient (Wildman–Crippen LogP) is 4.61. The zero-order valence-electron chi connectivity index (χ0n) is 14.1. The molecule has 26 heavy (non-hydrogen) atoms. The molecule has 0 saturated heterocycles. The van der Waals surface area contributed by atoms with E-state index in [1.807, 2.05) is 42.5 Å². The smallest absolute Gasteiger partial charge is 0.262 e. The van der Waals surface area contributed by atoms with Gasteiger partial charge in [0.05, 0.1) is 12.7 Å². The molecule has 0 aromatic heterocycles. The molecule has 0 spiro atoms. The van der Waals surface area contributed by atoms with Crippen LogP contribution < -0.4 is 15.0 Å². The highest BCUT2D eigenvalue weighted by atomic mass is 19.1. The Balaban J connectivity index is 1.89. The Labute approximate surface area is 150 Å². The third-order valence-corrected chi connectivity index (χ3v) is 4.47. The lowest BCUT2D eigenvalue weighted by Crippen LogP contribution is -2.43. The summed E-state index contributed by atoms with van der Waals surface area (Å²) < 4.78 is 18.9. The van der Waals surface area contributed by atoms with Crippen LogP contribution in [0.5, 0.6) is 5.75 Å². The van der Waals surface area contributed by atoms with Gasteiger partial charge in [0.2, 0.25) is 0 Å². The molecule has 0 aliphatic carbocycles. The number of anilines is 2. The van der Waals surface area contributed by atoms with Crippen molar-refractivity contribution < 1.29 is 13.9 Å². The largest absolute Gasteiger partial charge is 0.496 e. The Hall–Kier alpha value is -3.34. The van der Waals surface area contributed by atoms with Gasteiger partial charge < -0.3 is 10.1 Å². The molecule has 0 radical (unpaired) electrons. The minimum absolute atomic E-state index is 0.151. The number of carbonyl (C=O) groups is 1. The first kappa shape index (κ1) is 16.1. The standard InChI is InChI=1S/C21H17FN2O2/c1-26-19-9-5-3-7-17(19)20-23-18-8-4-2-6-16(18)21(25)24(20)15-12-10-14(22)11-13-15/h2-13,20,23H,1H3. The second-order valence-electron chi connectivity index (χ2n) is 5.99. The molecular weight excluding hydrogens is 331 g/mol. The Kier molecular flexibility index (Phi) is 4.05. The first-order valence-electron chi connectivity index (χ1n) is 8.26. The number of hydrogen-bond acceptors (Lipinski definition) is 3.